The van der Waals surface area contributed by atoms with E-state index in [0.29, 0.717) is 5.52 Å². The summed E-state index contributed by atoms with van der Waals surface area (Å²) in [5.74, 6) is -0.548. The molecule has 0 radical (unpaired) electrons. The first-order valence-corrected chi connectivity index (χ1v) is 10.2. The minimum absolute atomic E-state index is 0.0292. The average Bonchev–Trinajstić information content (AvgIpc) is 3.27. The summed E-state index contributed by atoms with van der Waals surface area (Å²) in [6.07, 6.45) is 1.26. The maximum Gasteiger partial charge on any atom is 0.420 e. The summed E-state index contributed by atoms with van der Waals surface area (Å²) in [5, 5.41) is 0.159. The predicted molar refractivity (Wildman–Crippen MR) is 101 cm³/mol. The molecule has 0 fully saturated rings. The highest BCUT2D eigenvalue weighted by Gasteiger charge is 2.21. The van der Waals surface area contributed by atoms with Crippen molar-refractivity contribution in [1.29, 1.82) is 0 Å². The summed E-state index contributed by atoms with van der Waals surface area (Å²) in [5.41, 5.74) is 1.66. The molecule has 1 unspecified atom stereocenters. The number of hydrogen-bond acceptors (Lipinski definition) is 7. The molecule has 4 aromatic rings. The fourth-order valence-electron chi connectivity index (χ4n) is 2.82. The SMILES string of the molecule is CC(c1ccccc1)n1c(=O)oc2cc(S(=O)(=O)Nc3ncns3)ccc21. The lowest BCUT2D eigenvalue weighted by molar-refractivity contribution is 0.489. The lowest BCUT2D eigenvalue weighted by Gasteiger charge is -2.13. The van der Waals surface area contributed by atoms with Crippen molar-refractivity contribution in [2.24, 2.45) is 0 Å². The van der Waals surface area contributed by atoms with Crippen molar-refractivity contribution in [3.8, 4) is 0 Å². The molecule has 2 aromatic heterocycles. The van der Waals surface area contributed by atoms with E-state index in [1.807, 2.05) is 37.3 Å². The van der Waals surface area contributed by atoms with Gasteiger partial charge in [-0.15, -0.1) is 0 Å². The molecular weight excluding hydrogens is 388 g/mol. The zero-order valence-electron chi connectivity index (χ0n) is 14.1. The smallest absolute Gasteiger partial charge is 0.408 e. The monoisotopic (exact) mass is 402 g/mol. The van der Waals surface area contributed by atoms with Gasteiger partial charge in [0.15, 0.2) is 5.58 Å². The molecule has 1 N–H and O–H groups in total. The fourth-order valence-corrected chi connectivity index (χ4v) is 4.50. The van der Waals surface area contributed by atoms with E-state index < -0.39 is 15.8 Å². The van der Waals surface area contributed by atoms with Crippen LogP contribution in [-0.2, 0) is 10.0 Å². The molecule has 138 valence electrons. The van der Waals surface area contributed by atoms with Gasteiger partial charge in [0.2, 0.25) is 5.13 Å². The van der Waals surface area contributed by atoms with E-state index in [0.717, 1.165) is 17.1 Å². The van der Waals surface area contributed by atoms with E-state index in [1.54, 1.807) is 6.07 Å². The van der Waals surface area contributed by atoms with Crippen molar-refractivity contribution < 1.29 is 12.8 Å². The molecule has 0 aliphatic carbocycles. The van der Waals surface area contributed by atoms with E-state index in [9.17, 15) is 13.2 Å². The van der Waals surface area contributed by atoms with Crippen molar-refractivity contribution in [1.82, 2.24) is 13.9 Å². The Bertz CT molecular complexity index is 1250. The number of anilines is 1. The first-order valence-electron chi connectivity index (χ1n) is 7.95. The van der Waals surface area contributed by atoms with Gasteiger partial charge in [-0.05, 0) is 24.6 Å². The Morgan fingerprint density at radius 2 is 1.96 bits per heavy atom. The van der Waals surface area contributed by atoms with Gasteiger partial charge in [0.05, 0.1) is 16.5 Å². The number of fused-ring (bicyclic) bond motifs is 1. The van der Waals surface area contributed by atoms with Gasteiger partial charge in [-0.25, -0.2) is 18.2 Å². The number of nitrogens with zero attached hydrogens (tertiary/aromatic N) is 3. The van der Waals surface area contributed by atoms with Gasteiger partial charge in [0.25, 0.3) is 10.0 Å². The number of nitrogens with one attached hydrogen (secondary N) is 1. The lowest BCUT2D eigenvalue weighted by atomic mass is 10.1. The highest BCUT2D eigenvalue weighted by atomic mass is 32.2. The zero-order valence-corrected chi connectivity index (χ0v) is 15.7. The molecule has 0 amide bonds. The third-order valence-corrected chi connectivity index (χ3v) is 6.19. The van der Waals surface area contributed by atoms with E-state index >= 15 is 0 Å². The molecule has 0 spiro atoms. The molecule has 0 saturated carbocycles. The van der Waals surface area contributed by atoms with Gasteiger partial charge in [0.1, 0.15) is 6.33 Å². The standard InChI is InChI=1S/C17H14N4O4S2/c1-11(12-5-3-2-4-6-12)21-14-8-7-13(9-15(14)25-17(21)22)27(23,24)20-16-18-10-19-26-16/h2-11H,1H3,(H,18,19,20). The highest BCUT2D eigenvalue weighted by molar-refractivity contribution is 7.93. The lowest BCUT2D eigenvalue weighted by Crippen LogP contribution is -2.19. The Labute approximate surface area is 158 Å². The van der Waals surface area contributed by atoms with Gasteiger partial charge in [-0.3, -0.25) is 9.29 Å². The van der Waals surface area contributed by atoms with Crippen LogP contribution in [0.5, 0.6) is 0 Å². The number of sulfonamides is 1. The van der Waals surface area contributed by atoms with Crippen molar-refractivity contribution in [3.63, 3.8) is 0 Å². The fraction of sp³-hybridized carbons (Fsp3) is 0.118. The number of hydrogen-bond donors (Lipinski definition) is 1. The van der Waals surface area contributed by atoms with E-state index in [2.05, 4.69) is 14.1 Å². The molecule has 1 atom stereocenters. The largest absolute Gasteiger partial charge is 0.420 e. The maximum absolute atomic E-state index is 12.5. The number of oxazole rings is 1. The van der Waals surface area contributed by atoms with Crippen LogP contribution in [-0.4, -0.2) is 22.3 Å². The van der Waals surface area contributed by atoms with Gasteiger partial charge in [-0.2, -0.15) is 4.37 Å². The molecule has 8 nitrogen and oxygen atoms in total. The Kier molecular flexibility index (Phi) is 4.28. The molecule has 0 aliphatic heterocycles. The number of benzene rings is 2. The van der Waals surface area contributed by atoms with Gasteiger partial charge in [-0.1, -0.05) is 30.3 Å². The minimum Gasteiger partial charge on any atom is -0.408 e. The van der Waals surface area contributed by atoms with E-state index in [-0.39, 0.29) is 21.7 Å². The van der Waals surface area contributed by atoms with E-state index in [1.165, 1.54) is 23.0 Å². The van der Waals surface area contributed by atoms with Crippen LogP contribution in [0.4, 0.5) is 5.13 Å². The summed E-state index contributed by atoms with van der Waals surface area (Å²) in [7, 11) is -3.86. The molecule has 10 heteroatoms. The molecule has 0 bridgehead atoms. The van der Waals surface area contributed by atoms with Crippen LogP contribution in [0, 0.1) is 0 Å². The Morgan fingerprint density at radius 3 is 2.67 bits per heavy atom. The second-order valence-electron chi connectivity index (χ2n) is 5.81. The third-order valence-electron chi connectivity index (χ3n) is 4.15. The first-order chi connectivity index (χ1) is 13.0. The quantitative estimate of drug-likeness (QED) is 0.550. The zero-order chi connectivity index (χ0) is 19.0. The van der Waals surface area contributed by atoms with Gasteiger partial charge < -0.3 is 4.42 Å². The summed E-state index contributed by atoms with van der Waals surface area (Å²) in [6, 6.07) is 13.6. The summed E-state index contributed by atoms with van der Waals surface area (Å²) < 4.78 is 37.9. The van der Waals surface area contributed by atoms with Gasteiger partial charge >= 0.3 is 5.76 Å². The van der Waals surface area contributed by atoms with Crippen molar-refractivity contribution in [2.45, 2.75) is 17.9 Å². The van der Waals surface area contributed by atoms with Crippen molar-refractivity contribution in [3.05, 3.63) is 71.0 Å². The minimum atomic E-state index is -3.86. The van der Waals surface area contributed by atoms with Crippen molar-refractivity contribution >= 4 is 37.8 Å². The van der Waals surface area contributed by atoms with Crippen LogP contribution < -0.4 is 10.5 Å². The second-order valence-corrected chi connectivity index (χ2v) is 8.27. The Morgan fingerprint density at radius 1 is 1.19 bits per heavy atom. The molecule has 4 rings (SSSR count). The summed E-state index contributed by atoms with van der Waals surface area (Å²) in [6.45, 7) is 1.88. The summed E-state index contributed by atoms with van der Waals surface area (Å²) in [4.78, 5) is 16.2. The third kappa shape index (κ3) is 3.24. The molecule has 2 aromatic carbocycles. The predicted octanol–water partition coefficient (Wildman–Crippen LogP) is 2.86. The topological polar surface area (TPSA) is 107 Å². The molecule has 0 saturated heterocycles. The van der Waals surface area contributed by atoms with Crippen LogP contribution in [0.3, 0.4) is 0 Å². The molecule has 27 heavy (non-hydrogen) atoms. The first kappa shape index (κ1) is 17.4. The number of aromatic nitrogens is 3. The number of rotatable bonds is 5. The van der Waals surface area contributed by atoms with Crippen LogP contribution >= 0.6 is 11.5 Å². The molecule has 0 aliphatic rings. The van der Waals surface area contributed by atoms with Crippen LogP contribution in [0.15, 0.2) is 69.0 Å². The van der Waals surface area contributed by atoms with Crippen LogP contribution in [0.1, 0.15) is 18.5 Å². The van der Waals surface area contributed by atoms with Crippen molar-refractivity contribution in [2.75, 3.05) is 4.72 Å². The maximum atomic E-state index is 12.5. The average molecular weight is 402 g/mol. The van der Waals surface area contributed by atoms with E-state index in [4.69, 9.17) is 4.42 Å². The Balaban J connectivity index is 1.76. The van der Waals surface area contributed by atoms with Crippen LogP contribution in [0.25, 0.3) is 11.1 Å². The second kappa shape index (κ2) is 6.63. The molecular formula is C17H14N4O4S2. The normalized spacial score (nSPS) is 12.9. The molecule has 2 heterocycles. The van der Waals surface area contributed by atoms with Crippen LogP contribution in [0.2, 0.25) is 0 Å². The summed E-state index contributed by atoms with van der Waals surface area (Å²) >= 11 is 0.927. The highest BCUT2D eigenvalue weighted by Crippen LogP contribution is 2.25. The Hall–Kier alpha value is -2.98. The van der Waals surface area contributed by atoms with Gasteiger partial charge in [0, 0.05) is 17.6 Å².